The van der Waals surface area contributed by atoms with Crippen molar-refractivity contribution in [3.05, 3.63) is 28.5 Å². The number of pyridine rings is 1. The van der Waals surface area contributed by atoms with E-state index in [4.69, 9.17) is 4.74 Å². The minimum Gasteiger partial charge on any atom is -0.388 e. The lowest BCUT2D eigenvalue weighted by molar-refractivity contribution is -0.138. The zero-order valence-corrected chi connectivity index (χ0v) is 21.2. The highest BCUT2D eigenvalue weighted by atomic mass is 32.1. The lowest BCUT2D eigenvalue weighted by Crippen LogP contribution is -2.42. The summed E-state index contributed by atoms with van der Waals surface area (Å²) in [6, 6.07) is -0.606. The Morgan fingerprint density at radius 3 is 2.46 bits per heavy atom. The Labute approximate surface area is 215 Å². The lowest BCUT2D eigenvalue weighted by atomic mass is 10.0. The van der Waals surface area contributed by atoms with E-state index < -0.39 is 30.3 Å². The number of halogens is 3. The van der Waals surface area contributed by atoms with Gasteiger partial charge in [0, 0.05) is 23.8 Å². The Bertz CT molecular complexity index is 1190. The van der Waals surface area contributed by atoms with Gasteiger partial charge in [0.2, 0.25) is 0 Å². The van der Waals surface area contributed by atoms with Gasteiger partial charge in [0.15, 0.2) is 5.01 Å². The number of carbonyl (C=O) groups excluding carboxylic acids is 2. The van der Waals surface area contributed by atoms with Gasteiger partial charge in [-0.3, -0.25) is 9.59 Å². The van der Waals surface area contributed by atoms with Gasteiger partial charge in [-0.05, 0) is 51.2 Å². The minimum atomic E-state index is -4.43. The molecule has 5 heterocycles. The zero-order chi connectivity index (χ0) is 26.5. The topological polar surface area (TPSA) is 117 Å². The Balaban J connectivity index is 1.48. The quantitative estimate of drug-likeness (QED) is 0.517. The number of hydrogen-bond donors (Lipinski definition) is 3. The summed E-state index contributed by atoms with van der Waals surface area (Å²) < 4.78 is 44.1. The summed E-state index contributed by atoms with van der Waals surface area (Å²) in [6.07, 6.45) is -0.138. The fourth-order valence-electron chi connectivity index (χ4n) is 5.20. The molecule has 3 fully saturated rings. The van der Waals surface area contributed by atoms with Crippen LogP contribution in [0.15, 0.2) is 12.3 Å². The number of amides is 2. The Morgan fingerprint density at radius 1 is 1.22 bits per heavy atom. The van der Waals surface area contributed by atoms with Gasteiger partial charge in [-0.1, -0.05) is 0 Å². The molecule has 5 rings (SSSR count). The number of rotatable bonds is 6. The van der Waals surface area contributed by atoms with Crippen molar-refractivity contribution >= 4 is 29.0 Å². The highest BCUT2D eigenvalue weighted by molar-refractivity contribution is 7.17. The summed E-state index contributed by atoms with van der Waals surface area (Å²) >= 11 is 1.02. The third-order valence-electron chi connectivity index (χ3n) is 7.29. The number of aromatic nitrogens is 2. The molecule has 1 unspecified atom stereocenters. The van der Waals surface area contributed by atoms with E-state index in [9.17, 15) is 27.9 Å². The number of alkyl halides is 3. The molecular weight excluding hydrogens is 511 g/mol. The normalized spacial score (nSPS) is 25.9. The second-order valence-corrected chi connectivity index (χ2v) is 10.8. The Kier molecular flexibility index (Phi) is 6.88. The molecule has 3 aliphatic heterocycles. The standard InChI is InChI=1S/C24H28F3N5O4S/c1-11-7-18(29-12(2)24(25,26)27)28-8-15(11)20-19(23(35)32-13-3-4-14(32)6-5-13)31-22(37-20)21(34)30-16-9-36-10-17(16)33/h7-8,12-14,16-17,33H,3-6,9-10H2,1-2H3,(H,28,29)(H,30,34)/t12-,13?,14?,16?,17-/m0/s1. The van der Waals surface area contributed by atoms with Crippen LogP contribution < -0.4 is 10.6 Å². The van der Waals surface area contributed by atoms with Crippen LogP contribution in [0.3, 0.4) is 0 Å². The number of hydrogen-bond acceptors (Lipinski definition) is 8. The fourth-order valence-corrected chi connectivity index (χ4v) is 6.23. The van der Waals surface area contributed by atoms with Crippen molar-refractivity contribution in [2.45, 2.75) is 76.0 Å². The summed E-state index contributed by atoms with van der Waals surface area (Å²) in [6.45, 7) is 3.00. The third-order valence-corrected chi connectivity index (χ3v) is 8.38. The van der Waals surface area contributed by atoms with E-state index in [1.807, 2.05) is 4.90 Å². The van der Waals surface area contributed by atoms with E-state index >= 15 is 0 Å². The first-order valence-corrected chi connectivity index (χ1v) is 13.0. The molecule has 2 aromatic heterocycles. The number of fused-ring (bicyclic) bond motifs is 2. The van der Waals surface area contributed by atoms with Crippen LogP contribution in [0.1, 0.15) is 58.5 Å². The van der Waals surface area contributed by atoms with Crippen LogP contribution in [-0.4, -0.2) is 81.5 Å². The molecule has 2 bridgehead atoms. The predicted octanol–water partition coefficient (Wildman–Crippen LogP) is 3.13. The molecule has 3 atom stereocenters. The van der Waals surface area contributed by atoms with Crippen LogP contribution in [0, 0.1) is 6.92 Å². The van der Waals surface area contributed by atoms with Crippen LogP contribution in [0.25, 0.3) is 10.4 Å². The smallest absolute Gasteiger partial charge is 0.388 e. The number of ether oxygens (including phenoxy) is 1. The van der Waals surface area contributed by atoms with Gasteiger partial charge < -0.3 is 25.4 Å². The third kappa shape index (κ3) is 5.04. The number of anilines is 1. The number of thiazole rings is 1. The molecule has 0 aliphatic carbocycles. The molecule has 0 saturated carbocycles. The number of nitrogens with one attached hydrogen (secondary N) is 2. The molecule has 3 saturated heterocycles. The van der Waals surface area contributed by atoms with Crippen LogP contribution >= 0.6 is 11.3 Å². The molecular formula is C24H28F3N5O4S. The molecule has 0 aromatic carbocycles. The van der Waals surface area contributed by atoms with E-state index in [2.05, 4.69) is 20.6 Å². The zero-order valence-electron chi connectivity index (χ0n) is 20.3. The number of aliphatic hydroxyl groups excluding tert-OH is 1. The van der Waals surface area contributed by atoms with Gasteiger partial charge in [-0.25, -0.2) is 9.97 Å². The SMILES string of the molecule is Cc1cc(N[C@@H](C)C(F)(F)F)ncc1-c1sc(C(=O)NC2COC[C@@H]2O)nc1C(=O)N1C2CCC1CC2. The summed E-state index contributed by atoms with van der Waals surface area (Å²) in [7, 11) is 0. The molecule has 3 N–H and O–H groups in total. The summed E-state index contributed by atoms with van der Waals surface area (Å²) in [5, 5.41) is 15.1. The van der Waals surface area contributed by atoms with Gasteiger partial charge in [-0.2, -0.15) is 13.2 Å². The molecule has 37 heavy (non-hydrogen) atoms. The molecule has 2 amide bonds. The second-order valence-electron chi connectivity index (χ2n) is 9.85. The first-order chi connectivity index (χ1) is 17.5. The van der Waals surface area contributed by atoms with Gasteiger partial charge in [-0.15, -0.1) is 11.3 Å². The molecule has 2 aromatic rings. The van der Waals surface area contributed by atoms with Gasteiger partial charge in [0.25, 0.3) is 11.8 Å². The lowest BCUT2D eigenvalue weighted by Gasteiger charge is -2.22. The van der Waals surface area contributed by atoms with E-state index in [0.29, 0.717) is 16.0 Å². The summed E-state index contributed by atoms with van der Waals surface area (Å²) in [5.74, 6) is -0.742. The highest BCUT2D eigenvalue weighted by Gasteiger charge is 2.44. The molecule has 200 valence electrons. The average molecular weight is 540 g/mol. The molecule has 3 aliphatic rings. The van der Waals surface area contributed by atoms with E-state index in [-0.39, 0.29) is 47.7 Å². The van der Waals surface area contributed by atoms with Crippen LogP contribution in [0.2, 0.25) is 0 Å². The maximum atomic E-state index is 13.7. The van der Waals surface area contributed by atoms with Crippen LogP contribution in [0.4, 0.5) is 19.0 Å². The first kappa shape index (κ1) is 25.9. The highest BCUT2D eigenvalue weighted by Crippen LogP contribution is 2.41. The first-order valence-electron chi connectivity index (χ1n) is 12.2. The average Bonchev–Trinajstić information content (AvgIpc) is 3.63. The van der Waals surface area contributed by atoms with Gasteiger partial charge in [0.1, 0.15) is 17.6 Å². The summed E-state index contributed by atoms with van der Waals surface area (Å²) in [5.41, 5.74) is 1.23. The predicted molar refractivity (Wildman–Crippen MR) is 130 cm³/mol. The second kappa shape index (κ2) is 9.84. The van der Waals surface area contributed by atoms with Crippen molar-refractivity contribution in [1.82, 2.24) is 20.2 Å². The van der Waals surface area contributed by atoms with Crippen molar-refractivity contribution < 1.29 is 32.6 Å². The van der Waals surface area contributed by atoms with Crippen LogP contribution in [0.5, 0.6) is 0 Å². The van der Waals surface area contributed by atoms with Crippen molar-refractivity contribution in [2.75, 3.05) is 18.5 Å². The summed E-state index contributed by atoms with van der Waals surface area (Å²) in [4.78, 5) is 37.6. The minimum absolute atomic E-state index is 0.0502. The molecule has 13 heteroatoms. The van der Waals surface area contributed by atoms with Crippen molar-refractivity contribution in [1.29, 1.82) is 0 Å². The van der Waals surface area contributed by atoms with E-state index in [1.165, 1.54) is 12.3 Å². The Hall–Kier alpha value is -2.77. The molecule has 9 nitrogen and oxygen atoms in total. The number of nitrogens with zero attached hydrogens (tertiary/aromatic N) is 3. The van der Waals surface area contributed by atoms with Gasteiger partial charge in [0.05, 0.1) is 30.2 Å². The van der Waals surface area contributed by atoms with E-state index in [1.54, 1.807) is 6.92 Å². The van der Waals surface area contributed by atoms with Crippen molar-refractivity contribution in [2.24, 2.45) is 0 Å². The number of carbonyl (C=O) groups is 2. The maximum absolute atomic E-state index is 13.7. The maximum Gasteiger partial charge on any atom is 0.408 e. The van der Waals surface area contributed by atoms with Crippen molar-refractivity contribution in [3.8, 4) is 10.4 Å². The Morgan fingerprint density at radius 2 is 1.89 bits per heavy atom. The molecule has 0 radical (unpaired) electrons. The van der Waals surface area contributed by atoms with E-state index in [0.717, 1.165) is 43.9 Å². The molecule has 0 spiro atoms. The number of aliphatic hydroxyl groups is 1. The largest absolute Gasteiger partial charge is 0.408 e. The monoisotopic (exact) mass is 539 g/mol. The van der Waals surface area contributed by atoms with Gasteiger partial charge >= 0.3 is 6.18 Å². The number of aryl methyl sites for hydroxylation is 1. The fraction of sp³-hybridized carbons (Fsp3) is 0.583. The van der Waals surface area contributed by atoms with Crippen molar-refractivity contribution in [3.63, 3.8) is 0 Å². The van der Waals surface area contributed by atoms with Crippen LogP contribution in [-0.2, 0) is 4.74 Å².